The summed E-state index contributed by atoms with van der Waals surface area (Å²) in [5.74, 6) is 1.36. The molecule has 4 nitrogen and oxygen atoms in total. The molecule has 0 heterocycles. The van der Waals surface area contributed by atoms with Gasteiger partial charge in [-0.1, -0.05) is 0 Å². The van der Waals surface area contributed by atoms with E-state index in [2.05, 4.69) is 0 Å². The molecule has 0 aliphatic heterocycles. The summed E-state index contributed by atoms with van der Waals surface area (Å²) in [7, 11) is 0.788. The standard InChI is InChI=1S/C12H20NO3P/c1-15-10-8-12(17(3,4)14)11(16-2)7-9(10)5-6-13/h7-8H,5-6,13H2,1-4H3. The van der Waals surface area contributed by atoms with E-state index in [1.54, 1.807) is 33.6 Å². The Balaban J connectivity index is 3.38. The molecule has 2 N–H and O–H groups in total. The maximum Gasteiger partial charge on any atom is 0.130 e. The van der Waals surface area contributed by atoms with Crippen LogP contribution in [0.4, 0.5) is 0 Å². The summed E-state index contributed by atoms with van der Waals surface area (Å²) < 4.78 is 22.8. The number of hydrogen-bond acceptors (Lipinski definition) is 4. The Morgan fingerprint density at radius 1 is 1.18 bits per heavy atom. The summed E-state index contributed by atoms with van der Waals surface area (Å²) in [5, 5.41) is 0.706. The van der Waals surface area contributed by atoms with Gasteiger partial charge in [0.2, 0.25) is 0 Å². The van der Waals surface area contributed by atoms with Gasteiger partial charge in [-0.3, -0.25) is 0 Å². The normalized spacial score (nSPS) is 11.4. The third-order valence-electron chi connectivity index (χ3n) is 2.58. The molecule has 0 saturated carbocycles. The van der Waals surface area contributed by atoms with E-state index in [1.165, 1.54) is 0 Å². The molecular formula is C12H20NO3P. The molecule has 0 bridgehead atoms. The highest BCUT2D eigenvalue weighted by Crippen LogP contribution is 2.40. The van der Waals surface area contributed by atoms with Crippen molar-refractivity contribution in [1.29, 1.82) is 0 Å². The SMILES string of the molecule is COc1cc(P(C)(C)=O)c(OC)cc1CCN. The molecule has 96 valence electrons. The summed E-state index contributed by atoms with van der Waals surface area (Å²) in [5.41, 5.74) is 6.52. The van der Waals surface area contributed by atoms with Crippen LogP contribution in [0.5, 0.6) is 11.5 Å². The fourth-order valence-electron chi connectivity index (χ4n) is 1.72. The third-order valence-corrected chi connectivity index (χ3v) is 4.09. The van der Waals surface area contributed by atoms with Crippen molar-refractivity contribution in [3.63, 3.8) is 0 Å². The number of benzene rings is 1. The van der Waals surface area contributed by atoms with E-state index in [0.717, 1.165) is 11.3 Å². The molecule has 1 aromatic carbocycles. The van der Waals surface area contributed by atoms with Crippen molar-refractivity contribution in [3.05, 3.63) is 17.7 Å². The zero-order valence-corrected chi connectivity index (χ0v) is 11.7. The minimum absolute atomic E-state index is 0.536. The molecule has 0 aliphatic rings. The van der Waals surface area contributed by atoms with Gasteiger partial charge in [-0.05, 0) is 44.0 Å². The van der Waals surface area contributed by atoms with Crippen molar-refractivity contribution in [1.82, 2.24) is 0 Å². The van der Waals surface area contributed by atoms with Crippen LogP contribution in [0.1, 0.15) is 5.56 Å². The van der Waals surface area contributed by atoms with Gasteiger partial charge in [0.05, 0.1) is 19.5 Å². The highest BCUT2D eigenvalue weighted by atomic mass is 31.2. The van der Waals surface area contributed by atoms with E-state index in [0.29, 0.717) is 24.0 Å². The third kappa shape index (κ3) is 3.24. The van der Waals surface area contributed by atoms with Crippen LogP contribution in [0.15, 0.2) is 12.1 Å². The summed E-state index contributed by atoms with van der Waals surface area (Å²) in [6.07, 6.45) is 0.706. The first-order valence-corrected chi connectivity index (χ1v) is 8.04. The molecule has 0 aliphatic carbocycles. The Morgan fingerprint density at radius 2 is 1.76 bits per heavy atom. The van der Waals surface area contributed by atoms with Crippen LogP contribution in [0.3, 0.4) is 0 Å². The van der Waals surface area contributed by atoms with Crippen molar-refractivity contribution in [2.24, 2.45) is 5.73 Å². The predicted octanol–water partition coefficient (Wildman–Crippen LogP) is 1.45. The highest BCUT2D eigenvalue weighted by molar-refractivity contribution is 7.70. The lowest BCUT2D eigenvalue weighted by Gasteiger charge is -2.16. The second-order valence-corrected chi connectivity index (χ2v) is 7.41. The molecule has 0 fully saturated rings. The fraction of sp³-hybridized carbons (Fsp3) is 0.500. The monoisotopic (exact) mass is 257 g/mol. The second kappa shape index (κ2) is 5.56. The predicted molar refractivity (Wildman–Crippen MR) is 71.4 cm³/mol. The molecule has 1 rings (SSSR count). The van der Waals surface area contributed by atoms with Gasteiger partial charge in [0, 0.05) is 0 Å². The van der Waals surface area contributed by atoms with Crippen molar-refractivity contribution in [2.75, 3.05) is 34.1 Å². The smallest absolute Gasteiger partial charge is 0.130 e. The quantitative estimate of drug-likeness (QED) is 0.811. The van der Waals surface area contributed by atoms with Crippen LogP contribution in [-0.4, -0.2) is 34.1 Å². The first kappa shape index (κ1) is 14.1. The van der Waals surface area contributed by atoms with E-state index in [4.69, 9.17) is 15.2 Å². The maximum atomic E-state index is 12.2. The Kier molecular flexibility index (Phi) is 4.61. The molecule has 17 heavy (non-hydrogen) atoms. The molecular weight excluding hydrogens is 237 g/mol. The molecule has 1 aromatic rings. The van der Waals surface area contributed by atoms with Gasteiger partial charge in [-0.2, -0.15) is 0 Å². The van der Waals surface area contributed by atoms with Crippen LogP contribution in [0.25, 0.3) is 0 Å². The van der Waals surface area contributed by atoms with Crippen molar-refractivity contribution < 1.29 is 14.0 Å². The van der Waals surface area contributed by atoms with Crippen molar-refractivity contribution >= 4 is 12.4 Å². The van der Waals surface area contributed by atoms with Crippen LogP contribution in [-0.2, 0) is 11.0 Å². The number of ether oxygens (including phenoxy) is 2. The lowest BCUT2D eigenvalue weighted by molar-refractivity contribution is 0.401. The van der Waals surface area contributed by atoms with Crippen LogP contribution in [0, 0.1) is 0 Å². The maximum absolute atomic E-state index is 12.2. The average Bonchev–Trinajstić information content (AvgIpc) is 2.27. The van der Waals surface area contributed by atoms with Gasteiger partial charge in [0.25, 0.3) is 0 Å². The largest absolute Gasteiger partial charge is 0.496 e. The Bertz CT molecular complexity index is 440. The topological polar surface area (TPSA) is 61.5 Å². The summed E-state index contributed by atoms with van der Waals surface area (Å²) in [6, 6.07) is 3.66. The van der Waals surface area contributed by atoms with Gasteiger partial charge in [0.1, 0.15) is 18.6 Å². The minimum atomic E-state index is -2.39. The molecule has 5 heteroatoms. The second-order valence-electron chi connectivity index (χ2n) is 4.23. The highest BCUT2D eigenvalue weighted by Gasteiger charge is 2.20. The molecule has 0 atom stereocenters. The van der Waals surface area contributed by atoms with Gasteiger partial charge in [-0.15, -0.1) is 0 Å². The van der Waals surface area contributed by atoms with Gasteiger partial charge >= 0.3 is 0 Å². The van der Waals surface area contributed by atoms with Crippen molar-refractivity contribution in [2.45, 2.75) is 6.42 Å². The Hall–Kier alpha value is -0.990. The average molecular weight is 257 g/mol. The minimum Gasteiger partial charge on any atom is -0.496 e. The Morgan fingerprint density at radius 3 is 2.18 bits per heavy atom. The first-order valence-electron chi connectivity index (χ1n) is 5.44. The number of hydrogen-bond donors (Lipinski definition) is 1. The molecule has 0 unspecified atom stereocenters. The van der Waals surface area contributed by atoms with Crippen LogP contribution < -0.4 is 20.5 Å². The summed E-state index contributed by atoms with van der Waals surface area (Å²) in [4.78, 5) is 0. The van der Waals surface area contributed by atoms with E-state index >= 15 is 0 Å². The molecule has 0 aromatic heterocycles. The zero-order chi connectivity index (χ0) is 13.1. The van der Waals surface area contributed by atoms with Crippen LogP contribution in [0.2, 0.25) is 0 Å². The molecule has 0 amide bonds. The molecule has 0 radical (unpaired) electrons. The lowest BCUT2D eigenvalue weighted by Crippen LogP contribution is -2.12. The van der Waals surface area contributed by atoms with Gasteiger partial charge in [-0.25, -0.2) is 0 Å². The summed E-state index contributed by atoms with van der Waals surface area (Å²) in [6.45, 7) is 3.97. The summed E-state index contributed by atoms with van der Waals surface area (Å²) >= 11 is 0. The fourth-order valence-corrected chi connectivity index (χ4v) is 2.83. The number of rotatable bonds is 5. The molecule has 0 saturated heterocycles. The first-order chi connectivity index (χ1) is 7.93. The number of methoxy groups -OCH3 is 2. The zero-order valence-electron chi connectivity index (χ0n) is 10.8. The van der Waals surface area contributed by atoms with E-state index < -0.39 is 7.14 Å². The van der Waals surface area contributed by atoms with Crippen LogP contribution >= 0.6 is 7.14 Å². The number of nitrogens with two attached hydrogens (primary N) is 1. The van der Waals surface area contributed by atoms with Crippen molar-refractivity contribution in [3.8, 4) is 11.5 Å². The molecule has 0 spiro atoms. The van der Waals surface area contributed by atoms with Gasteiger partial charge < -0.3 is 19.8 Å². The van der Waals surface area contributed by atoms with E-state index in [9.17, 15) is 4.57 Å². The van der Waals surface area contributed by atoms with Gasteiger partial charge in [0.15, 0.2) is 0 Å². The van der Waals surface area contributed by atoms with E-state index in [-0.39, 0.29) is 0 Å². The lowest BCUT2D eigenvalue weighted by atomic mass is 10.1. The van der Waals surface area contributed by atoms with E-state index in [1.807, 2.05) is 6.07 Å². The Labute approximate surface area is 102 Å².